The molecule has 1 nitrogen and oxygen atoms in total. The van der Waals surface area contributed by atoms with E-state index in [0.717, 1.165) is 41.0 Å². The van der Waals surface area contributed by atoms with Gasteiger partial charge in [0.1, 0.15) is 0 Å². The summed E-state index contributed by atoms with van der Waals surface area (Å²) in [6, 6.07) is 0. The summed E-state index contributed by atoms with van der Waals surface area (Å²) < 4.78 is 0. The van der Waals surface area contributed by atoms with Crippen LogP contribution in [0.3, 0.4) is 0 Å². The Morgan fingerprint density at radius 3 is 1.53 bits per heavy atom. The van der Waals surface area contributed by atoms with E-state index >= 15 is 0 Å². The number of hydrogen-bond acceptors (Lipinski definition) is 0. The molecule has 0 saturated heterocycles. The zero-order chi connectivity index (χ0) is 21.2. The quantitative estimate of drug-likeness (QED) is 0.260. The first kappa shape index (κ1) is 27.7. The Morgan fingerprint density at radius 2 is 1.13 bits per heavy atom. The molecule has 0 aliphatic heterocycles. The minimum absolute atomic E-state index is 0. The van der Waals surface area contributed by atoms with Crippen LogP contribution in [0.1, 0.15) is 91.4 Å². The van der Waals surface area contributed by atoms with Gasteiger partial charge in [-0.2, -0.15) is 0 Å². The van der Waals surface area contributed by atoms with Crippen molar-refractivity contribution in [1.29, 1.82) is 0 Å². The molecule has 0 bridgehead atoms. The van der Waals surface area contributed by atoms with Crippen molar-refractivity contribution in [1.82, 2.24) is 0 Å². The number of fused-ring (bicyclic) bond motifs is 5. The van der Waals surface area contributed by atoms with Crippen LogP contribution in [0.15, 0.2) is 0 Å². The molecule has 4 saturated carbocycles. The summed E-state index contributed by atoms with van der Waals surface area (Å²) in [5.74, 6) is 6.49. The van der Waals surface area contributed by atoms with Gasteiger partial charge in [-0.15, -0.1) is 5.54 Å². The summed E-state index contributed by atoms with van der Waals surface area (Å²) in [5, 5.41) is 0. The first-order valence-electron chi connectivity index (χ1n) is 12.4. The molecule has 0 N–H and O–H groups in total. The van der Waals surface area contributed by atoms with Gasteiger partial charge >= 0.3 is 35.6 Å². The van der Waals surface area contributed by atoms with Crippen LogP contribution >= 0.6 is 18.6 Å². The molecule has 4 rings (SSSR count). The Labute approximate surface area is 206 Å². The fraction of sp³-hybridized carbons (Fsp3) is 0.960. The monoisotopic (exact) mass is 507 g/mol. The molecule has 4 aliphatic carbocycles. The Bertz CT molecular complexity index is 494. The van der Waals surface area contributed by atoms with E-state index < -0.39 is 25.3 Å². The number of nitrogens with zero attached hydrogens (tertiary/aromatic N) is 1. The van der Waals surface area contributed by atoms with Crippen LogP contribution < -0.4 is 0 Å². The van der Waals surface area contributed by atoms with E-state index in [2.05, 4.69) is 33.9 Å². The van der Waals surface area contributed by atoms with Gasteiger partial charge in [0.2, 0.25) is 0 Å². The van der Waals surface area contributed by atoms with Gasteiger partial charge in [-0.05, 0) is 54.8 Å². The molecule has 176 valence electrons. The Hall–Kier alpha value is 1.47. The molecule has 4 aliphatic rings. The van der Waals surface area contributed by atoms with Crippen molar-refractivity contribution in [3.63, 3.8) is 0 Å². The molecular formula is C25H47Cl2NSiTi-2. The van der Waals surface area contributed by atoms with E-state index in [0.29, 0.717) is 0 Å². The van der Waals surface area contributed by atoms with Crippen LogP contribution in [-0.2, 0) is 17.0 Å². The number of hydrogen-bond donors (Lipinski definition) is 0. The van der Waals surface area contributed by atoms with Gasteiger partial charge in [0, 0.05) is 0 Å². The van der Waals surface area contributed by atoms with Crippen LogP contribution in [-0.4, -0.2) is 13.8 Å². The maximum absolute atomic E-state index is 5.45. The molecule has 0 heterocycles. The molecule has 0 aromatic carbocycles. The second kappa shape index (κ2) is 11.7. The fourth-order valence-corrected chi connectivity index (χ4v) is 11.8. The molecular weight excluding hydrogens is 461 g/mol. The summed E-state index contributed by atoms with van der Waals surface area (Å²) in [5.41, 5.74) is 1.11. The van der Waals surface area contributed by atoms with E-state index in [-0.39, 0.29) is 13.0 Å². The standard InChI is InChI=1S/C24H44NSi.CH3.2ClH.Ti/c1-24(2,3)25-26(4,5)19-15-22-20-12-8-6-10-17(20)14-18-11-7-9-13-21(18)23(22)16-19;;;;/h17-23H,6-16H2,1-5H3;1H3;2*1H;/q2*-1;;;+2/p-2. The molecule has 5 heteroatoms. The van der Waals surface area contributed by atoms with Crippen molar-refractivity contribution >= 4 is 26.8 Å². The van der Waals surface area contributed by atoms with Gasteiger partial charge in [0.25, 0.3) is 0 Å². The summed E-state index contributed by atoms with van der Waals surface area (Å²) in [6.45, 7) is 12.1. The van der Waals surface area contributed by atoms with Crippen molar-refractivity contribution in [2.75, 3.05) is 0 Å². The number of rotatable bonds is 2. The van der Waals surface area contributed by atoms with Crippen molar-refractivity contribution in [3.8, 4) is 0 Å². The van der Waals surface area contributed by atoms with Crippen LogP contribution in [0.5, 0.6) is 0 Å². The molecule has 0 radical (unpaired) electrons. The predicted octanol–water partition coefficient (Wildman–Crippen LogP) is 9.60. The number of halogens is 2. The van der Waals surface area contributed by atoms with Crippen molar-refractivity contribution in [2.24, 2.45) is 35.5 Å². The molecule has 0 aromatic heterocycles. The first-order valence-corrected chi connectivity index (χ1v) is 19.7. The molecule has 30 heavy (non-hydrogen) atoms. The van der Waals surface area contributed by atoms with E-state index in [1.165, 1.54) is 25.7 Å². The van der Waals surface area contributed by atoms with Gasteiger partial charge in [0.05, 0.1) is 0 Å². The van der Waals surface area contributed by atoms with Crippen LogP contribution in [0.25, 0.3) is 4.98 Å². The molecule has 4 fully saturated rings. The van der Waals surface area contributed by atoms with E-state index in [4.69, 9.17) is 23.6 Å². The zero-order valence-electron chi connectivity index (χ0n) is 20.5. The van der Waals surface area contributed by atoms with Gasteiger partial charge in [-0.1, -0.05) is 99.0 Å². The first-order chi connectivity index (χ1) is 13.7. The Morgan fingerprint density at radius 1 is 0.733 bits per heavy atom. The maximum atomic E-state index is 5.45. The van der Waals surface area contributed by atoms with E-state index in [1.807, 2.05) is 0 Å². The van der Waals surface area contributed by atoms with Gasteiger partial charge < -0.3 is 12.4 Å². The Balaban J connectivity index is 0.000000757. The minimum atomic E-state index is -1.50. The molecule has 0 aromatic rings. The van der Waals surface area contributed by atoms with E-state index in [9.17, 15) is 0 Å². The summed E-state index contributed by atoms with van der Waals surface area (Å²) >= 11 is -0.556. The topological polar surface area (TPSA) is 14.1 Å². The zero-order valence-corrected chi connectivity index (χ0v) is 24.6. The average Bonchev–Trinajstić information content (AvgIpc) is 3.02. The van der Waals surface area contributed by atoms with Gasteiger partial charge in [-0.25, -0.2) is 0 Å². The molecule has 6 unspecified atom stereocenters. The van der Waals surface area contributed by atoms with Crippen LogP contribution in [0.2, 0.25) is 18.6 Å². The predicted molar refractivity (Wildman–Crippen MR) is 134 cm³/mol. The molecule has 0 spiro atoms. The summed E-state index contributed by atoms with van der Waals surface area (Å²) in [4.78, 5) is 5.45. The molecule has 6 atom stereocenters. The molecule has 0 amide bonds. The van der Waals surface area contributed by atoms with Crippen LogP contribution in [0.4, 0.5) is 0 Å². The SMILES string of the molecule is CC(C)(C)[N-][Si](C)(C)C1CC2C3CCCCC3CC3CCCCC3C2C1.[CH3-].[Cl][Ti][Cl]. The Kier molecular flexibility index (Phi) is 10.8. The van der Waals surface area contributed by atoms with Crippen molar-refractivity contribution in [2.45, 2.75) is 116 Å². The second-order valence-corrected chi connectivity index (χ2v) is 19.1. The van der Waals surface area contributed by atoms with Gasteiger partial charge in [-0.3, -0.25) is 0 Å². The average molecular weight is 509 g/mol. The van der Waals surface area contributed by atoms with Crippen LogP contribution in [0, 0.1) is 42.9 Å². The third kappa shape index (κ3) is 6.75. The third-order valence-electron chi connectivity index (χ3n) is 8.93. The fourth-order valence-electron chi connectivity index (χ4n) is 8.19. The van der Waals surface area contributed by atoms with Crippen molar-refractivity contribution in [3.05, 3.63) is 12.4 Å². The van der Waals surface area contributed by atoms with Gasteiger partial charge in [0.15, 0.2) is 0 Å². The summed E-state index contributed by atoms with van der Waals surface area (Å²) in [6.07, 6.45) is 17.1. The van der Waals surface area contributed by atoms with Crippen molar-refractivity contribution < 1.29 is 17.0 Å². The normalized spacial score (nSPS) is 38.6. The third-order valence-corrected chi connectivity index (χ3v) is 12.6. The summed E-state index contributed by atoms with van der Waals surface area (Å²) in [7, 11) is 8.28. The second-order valence-electron chi connectivity index (χ2n) is 12.2. The van der Waals surface area contributed by atoms with E-state index in [1.54, 1.807) is 44.9 Å².